The third kappa shape index (κ3) is 5.87. The van der Waals surface area contributed by atoms with Crippen molar-refractivity contribution in [2.45, 2.75) is 39.0 Å². The predicted molar refractivity (Wildman–Crippen MR) is 72.4 cm³/mol. The van der Waals surface area contributed by atoms with E-state index in [0.29, 0.717) is 5.56 Å². The third-order valence-corrected chi connectivity index (χ3v) is 2.67. The molecule has 1 aromatic carbocycles. The summed E-state index contributed by atoms with van der Waals surface area (Å²) in [6.45, 7) is 3.13. The van der Waals surface area contributed by atoms with Gasteiger partial charge in [0.05, 0.1) is 11.6 Å². The van der Waals surface area contributed by atoms with Gasteiger partial charge in [-0.15, -0.1) is 0 Å². The molecule has 0 aliphatic rings. The van der Waals surface area contributed by atoms with Crippen LogP contribution in [0.1, 0.15) is 50.2 Å². The molecule has 0 aromatic heterocycles. The SMILES string of the molecule is CCCCCCCN=Cc1ccc(C#N)cc1. The number of hydrogen-bond acceptors (Lipinski definition) is 2. The fourth-order valence-corrected chi connectivity index (χ4v) is 1.62. The van der Waals surface area contributed by atoms with Crippen molar-refractivity contribution in [3.8, 4) is 6.07 Å². The Hall–Kier alpha value is -1.62. The summed E-state index contributed by atoms with van der Waals surface area (Å²) in [6, 6.07) is 9.61. The van der Waals surface area contributed by atoms with Crippen molar-refractivity contribution in [2.24, 2.45) is 4.99 Å². The van der Waals surface area contributed by atoms with Gasteiger partial charge in [-0.1, -0.05) is 44.7 Å². The number of hydrogen-bond donors (Lipinski definition) is 0. The van der Waals surface area contributed by atoms with Gasteiger partial charge in [-0.05, 0) is 24.1 Å². The van der Waals surface area contributed by atoms with E-state index in [1.807, 2.05) is 30.5 Å². The zero-order valence-electron chi connectivity index (χ0n) is 10.5. The van der Waals surface area contributed by atoms with Crippen LogP contribution in [0.5, 0.6) is 0 Å². The van der Waals surface area contributed by atoms with E-state index in [-0.39, 0.29) is 0 Å². The molecule has 0 N–H and O–H groups in total. The normalized spacial score (nSPS) is 10.6. The topological polar surface area (TPSA) is 36.1 Å². The van der Waals surface area contributed by atoms with E-state index in [0.717, 1.165) is 12.1 Å². The fraction of sp³-hybridized carbons (Fsp3) is 0.467. The van der Waals surface area contributed by atoms with E-state index in [1.54, 1.807) is 0 Å². The lowest BCUT2D eigenvalue weighted by Crippen LogP contribution is -1.86. The van der Waals surface area contributed by atoms with Gasteiger partial charge in [0.2, 0.25) is 0 Å². The molecular weight excluding hydrogens is 208 g/mol. The lowest BCUT2D eigenvalue weighted by molar-refractivity contribution is 0.639. The average Bonchev–Trinajstić information content (AvgIpc) is 2.38. The molecule has 2 heteroatoms. The minimum absolute atomic E-state index is 0.696. The smallest absolute Gasteiger partial charge is 0.0991 e. The van der Waals surface area contributed by atoms with Gasteiger partial charge in [0.25, 0.3) is 0 Å². The van der Waals surface area contributed by atoms with E-state index in [9.17, 15) is 0 Å². The minimum atomic E-state index is 0.696. The Bertz CT molecular complexity index is 371. The number of nitrogens with zero attached hydrogens (tertiary/aromatic N) is 2. The van der Waals surface area contributed by atoms with Gasteiger partial charge >= 0.3 is 0 Å². The molecule has 1 aromatic rings. The maximum absolute atomic E-state index is 8.66. The summed E-state index contributed by atoms with van der Waals surface area (Å²) < 4.78 is 0. The average molecular weight is 228 g/mol. The molecular formula is C15H20N2. The van der Waals surface area contributed by atoms with Gasteiger partial charge in [-0.3, -0.25) is 4.99 Å². The highest BCUT2D eigenvalue weighted by molar-refractivity contribution is 5.79. The maximum atomic E-state index is 8.66. The third-order valence-electron chi connectivity index (χ3n) is 2.67. The summed E-state index contributed by atoms with van der Waals surface area (Å²) >= 11 is 0. The second-order valence-electron chi connectivity index (χ2n) is 4.18. The molecule has 0 aliphatic carbocycles. The standard InChI is InChI=1S/C15H20N2/c1-2-3-4-5-6-11-17-13-15-9-7-14(12-16)8-10-15/h7-10,13H,2-6,11H2,1H3. The Balaban J connectivity index is 2.21. The Kier molecular flexibility index (Phi) is 6.74. The quantitative estimate of drug-likeness (QED) is 0.514. The molecule has 0 radical (unpaired) electrons. The lowest BCUT2D eigenvalue weighted by atomic mass is 10.1. The molecule has 0 saturated heterocycles. The molecule has 17 heavy (non-hydrogen) atoms. The molecule has 0 heterocycles. The second-order valence-corrected chi connectivity index (χ2v) is 4.18. The largest absolute Gasteiger partial charge is 0.293 e. The van der Waals surface area contributed by atoms with Crippen molar-refractivity contribution in [2.75, 3.05) is 6.54 Å². The second kappa shape index (κ2) is 8.52. The first-order valence-corrected chi connectivity index (χ1v) is 6.37. The maximum Gasteiger partial charge on any atom is 0.0991 e. The van der Waals surface area contributed by atoms with Gasteiger partial charge in [-0.25, -0.2) is 0 Å². The first-order chi connectivity index (χ1) is 8.36. The van der Waals surface area contributed by atoms with Crippen LogP contribution >= 0.6 is 0 Å². The van der Waals surface area contributed by atoms with Crippen LogP contribution in [-0.2, 0) is 0 Å². The van der Waals surface area contributed by atoms with Crippen LogP contribution in [0.3, 0.4) is 0 Å². The minimum Gasteiger partial charge on any atom is -0.293 e. The van der Waals surface area contributed by atoms with Crippen LogP contribution in [0.4, 0.5) is 0 Å². The zero-order valence-corrected chi connectivity index (χ0v) is 10.5. The van der Waals surface area contributed by atoms with Crippen LogP contribution < -0.4 is 0 Å². The highest BCUT2D eigenvalue weighted by Gasteiger charge is 1.90. The predicted octanol–water partition coefficient (Wildman–Crippen LogP) is 3.95. The van der Waals surface area contributed by atoms with Gasteiger partial charge in [0.1, 0.15) is 0 Å². The molecule has 0 amide bonds. The number of nitriles is 1. The number of unbranched alkanes of at least 4 members (excludes halogenated alkanes) is 4. The first kappa shape index (κ1) is 13.4. The summed E-state index contributed by atoms with van der Waals surface area (Å²) in [5.41, 5.74) is 1.76. The molecule has 0 unspecified atom stereocenters. The van der Waals surface area contributed by atoms with Gasteiger partial charge in [0, 0.05) is 12.8 Å². The van der Waals surface area contributed by atoms with E-state index in [4.69, 9.17) is 5.26 Å². The molecule has 0 atom stereocenters. The Morgan fingerprint density at radius 3 is 2.47 bits per heavy atom. The molecule has 1 rings (SSSR count). The summed E-state index contributed by atoms with van der Waals surface area (Å²) in [6.07, 6.45) is 8.28. The van der Waals surface area contributed by atoms with Crippen molar-refractivity contribution >= 4 is 6.21 Å². The van der Waals surface area contributed by atoms with E-state index in [2.05, 4.69) is 18.0 Å². The molecule has 2 nitrogen and oxygen atoms in total. The number of aliphatic imine (C=N–C) groups is 1. The Labute approximate surface area is 104 Å². The van der Waals surface area contributed by atoms with Crippen LogP contribution in [0.15, 0.2) is 29.3 Å². The van der Waals surface area contributed by atoms with Crippen molar-refractivity contribution in [3.05, 3.63) is 35.4 Å². The first-order valence-electron chi connectivity index (χ1n) is 6.37. The molecule has 0 saturated carbocycles. The van der Waals surface area contributed by atoms with Gasteiger partial charge < -0.3 is 0 Å². The molecule has 0 fully saturated rings. The molecule has 0 spiro atoms. The molecule has 90 valence electrons. The van der Waals surface area contributed by atoms with E-state index in [1.165, 1.54) is 32.1 Å². The van der Waals surface area contributed by atoms with Gasteiger partial charge in [-0.2, -0.15) is 5.26 Å². The summed E-state index contributed by atoms with van der Waals surface area (Å²) in [4.78, 5) is 4.39. The Morgan fingerprint density at radius 2 is 1.82 bits per heavy atom. The van der Waals surface area contributed by atoms with E-state index < -0.39 is 0 Å². The highest BCUT2D eigenvalue weighted by atomic mass is 14.7. The zero-order chi connectivity index (χ0) is 12.3. The number of benzene rings is 1. The Morgan fingerprint density at radius 1 is 1.12 bits per heavy atom. The van der Waals surface area contributed by atoms with Crippen molar-refractivity contribution in [3.63, 3.8) is 0 Å². The fourth-order valence-electron chi connectivity index (χ4n) is 1.62. The number of rotatable bonds is 7. The van der Waals surface area contributed by atoms with E-state index >= 15 is 0 Å². The van der Waals surface area contributed by atoms with Crippen LogP contribution in [0.2, 0.25) is 0 Å². The van der Waals surface area contributed by atoms with Crippen LogP contribution in [-0.4, -0.2) is 12.8 Å². The van der Waals surface area contributed by atoms with Crippen LogP contribution in [0, 0.1) is 11.3 Å². The summed E-state index contributed by atoms with van der Waals surface area (Å²) in [5.74, 6) is 0. The molecule has 0 aliphatic heterocycles. The lowest BCUT2D eigenvalue weighted by Gasteiger charge is -1.96. The summed E-state index contributed by atoms with van der Waals surface area (Å²) in [7, 11) is 0. The van der Waals surface area contributed by atoms with Gasteiger partial charge in [0.15, 0.2) is 0 Å². The highest BCUT2D eigenvalue weighted by Crippen LogP contribution is 2.03. The van der Waals surface area contributed by atoms with Crippen molar-refractivity contribution in [1.29, 1.82) is 5.26 Å². The molecule has 0 bridgehead atoms. The monoisotopic (exact) mass is 228 g/mol. The summed E-state index contributed by atoms with van der Waals surface area (Å²) in [5, 5.41) is 8.66. The van der Waals surface area contributed by atoms with Crippen molar-refractivity contribution in [1.82, 2.24) is 0 Å². The van der Waals surface area contributed by atoms with Crippen molar-refractivity contribution < 1.29 is 0 Å². The van der Waals surface area contributed by atoms with Crippen LogP contribution in [0.25, 0.3) is 0 Å².